The van der Waals surface area contributed by atoms with Crippen LogP contribution >= 0.6 is 11.8 Å². The molecule has 2 nitrogen and oxygen atoms in total. The second kappa shape index (κ2) is 6.94. The van der Waals surface area contributed by atoms with Crippen LogP contribution in [0.4, 0.5) is 0 Å². The van der Waals surface area contributed by atoms with E-state index in [1.165, 1.54) is 25.7 Å². The summed E-state index contributed by atoms with van der Waals surface area (Å²) in [5.41, 5.74) is 0. The number of esters is 1. The van der Waals surface area contributed by atoms with Gasteiger partial charge in [0.25, 0.3) is 0 Å². The molecule has 1 rings (SSSR count). The minimum Gasteiger partial charge on any atom is -0.465 e. The number of rotatable bonds is 6. The minimum atomic E-state index is -0.0864. The van der Waals surface area contributed by atoms with Gasteiger partial charge in [0.05, 0.1) is 6.61 Å². The third-order valence-electron chi connectivity index (χ3n) is 2.43. The fraction of sp³-hybridized carbons (Fsp3) is 0.750. The molecule has 0 aromatic rings. The summed E-state index contributed by atoms with van der Waals surface area (Å²) in [5, 5.41) is 0.461. The summed E-state index contributed by atoms with van der Waals surface area (Å²) < 4.78 is 4.99. The van der Waals surface area contributed by atoms with Crippen LogP contribution in [0.3, 0.4) is 0 Å². The summed E-state index contributed by atoms with van der Waals surface area (Å²) >= 11 is 1.72. The third-order valence-corrected chi connectivity index (χ3v) is 3.82. The summed E-state index contributed by atoms with van der Waals surface area (Å²) in [7, 11) is 0. The van der Waals surface area contributed by atoms with Crippen molar-refractivity contribution in [2.75, 3.05) is 6.61 Å². The molecule has 0 spiro atoms. The zero-order chi connectivity index (χ0) is 11.1. The van der Waals surface area contributed by atoms with E-state index in [2.05, 4.69) is 13.0 Å². The first-order valence-electron chi connectivity index (χ1n) is 5.78. The fourth-order valence-corrected chi connectivity index (χ4v) is 2.84. The Kier molecular flexibility index (Phi) is 5.84. The summed E-state index contributed by atoms with van der Waals surface area (Å²) in [6.07, 6.45) is 9.12. The Morgan fingerprint density at radius 1 is 1.33 bits per heavy atom. The van der Waals surface area contributed by atoms with Crippen LogP contribution in [0, 0.1) is 0 Å². The van der Waals surface area contributed by atoms with Gasteiger partial charge in [0.1, 0.15) is 5.25 Å². The van der Waals surface area contributed by atoms with E-state index in [-0.39, 0.29) is 11.2 Å². The van der Waals surface area contributed by atoms with Crippen molar-refractivity contribution in [1.29, 1.82) is 0 Å². The number of ether oxygens (including phenoxy) is 1. The van der Waals surface area contributed by atoms with Crippen molar-refractivity contribution in [3.05, 3.63) is 12.2 Å². The van der Waals surface area contributed by atoms with Crippen LogP contribution in [-0.4, -0.2) is 23.1 Å². The van der Waals surface area contributed by atoms with Gasteiger partial charge in [0.2, 0.25) is 0 Å². The summed E-state index contributed by atoms with van der Waals surface area (Å²) in [4.78, 5) is 11.4. The number of hydrogen-bond donors (Lipinski definition) is 0. The van der Waals surface area contributed by atoms with E-state index in [4.69, 9.17) is 4.74 Å². The number of unbranched alkanes of at least 4 members (excludes halogenated alkanes) is 2. The van der Waals surface area contributed by atoms with Crippen LogP contribution in [0.5, 0.6) is 0 Å². The Morgan fingerprint density at radius 3 is 2.80 bits per heavy atom. The number of carbonyl (C=O) groups is 1. The van der Waals surface area contributed by atoms with E-state index in [9.17, 15) is 4.79 Å². The molecule has 0 fully saturated rings. The molecule has 0 amide bonds. The quantitative estimate of drug-likeness (QED) is 0.397. The molecule has 2 atom stereocenters. The highest BCUT2D eigenvalue weighted by atomic mass is 32.2. The monoisotopic (exact) mass is 228 g/mol. The van der Waals surface area contributed by atoms with Crippen molar-refractivity contribution in [1.82, 2.24) is 0 Å². The minimum absolute atomic E-state index is 0.0587. The third kappa shape index (κ3) is 4.29. The molecular weight excluding hydrogens is 208 g/mol. The lowest BCUT2D eigenvalue weighted by Crippen LogP contribution is -2.17. The van der Waals surface area contributed by atoms with Crippen molar-refractivity contribution in [2.45, 2.75) is 50.0 Å². The largest absolute Gasteiger partial charge is 0.465 e. The van der Waals surface area contributed by atoms with E-state index in [0.29, 0.717) is 11.9 Å². The molecule has 0 saturated heterocycles. The van der Waals surface area contributed by atoms with Gasteiger partial charge in [-0.05, 0) is 13.3 Å². The highest BCUT2D eigenvalue weighted by Gasteiger charge is 2.25. The van der Waals surface area contributed by atoms with Crippen LogP contribution in [-0.2, 0) is 9.53 Å². The molecule has 0 aromatic heterocycles. The highest BCUT2D eigenvalue weighted by Crippen LogP contribution is 2.31. The Hall–Kier alpha value is -0.440. The summed E-state index contributed by atoms with van der Waals surface area (Å²) in [6, 6.07) is 0. The Balaban J connectivity index is 2.21. The molecule has 86 valence electrons. The lowest BCUT2D eigenvalue weighted by molar-refractivity contribution is -0.141. The van der Waals surface area contributed by atoms with E-state index in [1.54, 1.807) is 11.8 Å². The van der Waals surface area contributed by atoms with Gasteiger partial charge in [0.15, 0.2) is 0 Å². The first-order valence-corrected chi connectivity index (χ1v) is 6.72. The SMILES string of the molecule is CCCCC[C@@H]1C=C[C@H](C(=O)OCC)S1. The van der Waals surface area contributed by atoms with E-state index >= 15 is 0 Å². The Bertz CT molecular complexity index is 226. The van der Waals surface area contributed by atoms with Gasteiger partial charge in [-0.25, -0.2) is 0 Å². The fourth-order valence-electron chi connectivity index (χ4n) is 1.62. The molecule has 0 radical (unpaired) electrons. The smallest absolute Gasteiger partial charge is 0.322 e. The van der Waals surface area contributed by atoms with Crippen LogP contribution in [0.2, 0.25) is 0 Å². The van der Waals surface area contributed by atoms with Crippen molar-refractivity contribution < 1.29 is 9.53 Å². The zero-order valence-corrected chi connectivity index (χ0v) is 10.4. The first kappa shape index (κ1) is 12.6. The topological polar surface area (TPSA) is 26.3 Å². The molecular formula is C12H20O2S. The molecule has 3 heteroatoms. The second-order valence-electron chi connectivity index (χ2n) is 3.73. The van der Waals surface area contributed by atoms with E-state index in [0.717, 1.165) is 0 Å². The maximum atomic E-state index is 11.4. The van der Waals surface area contributed by atoms with Crippen molar-refractivity contribution in [3.8, 4) is 0 Å². The van der Waals surface area contributed by atoms with Crippen molar-refractivity contribution >= 4 is 17.7 Å². The zero-order valence-electron chi connectivity index (χ0n) is 9.57. The van der Waals surface area contributed by atoms with Crippen LogP contribution in [0.1, 0.15) is 39.5 Å². The number of hydrogen-bond acceptors (Lipinski definition) is 3. The average Bonchev–Trinajstić information content (AvgIpc) is 2.67. The van der Waals surface area contributed by atoms with Crippen LogP contribution < -0.4 is 0 Å². The van der Waals surface area contributed by atoms with Crippen LogP contribution in [0.25, 0.3) is 0 Å². The maximum absolute atomic E-state index is 11.4. The predicted molar refractivity (Wildman–Crippen MR) is 65.1 cm³/mol. The Labute approximate surface area is 96.5 Å². The van der Waals surface area contributed by atoms with Gasteiger partial charge in [-0.3, -0.25) is 4.79 Å². The van der Waals surface area contributed by atoms with Gasteiger partial charge >= 0.3 is 5.97 Å². The molecule has 1 aliphatic rings. The predicted octanol–water partition coefficient (Wildman–Crippen LogP) is 3.17. The van der Waals surface area contributed by atoms with Crippen molar-refractivity contribution in [2.24, 2.45) is 0 Å². The molecule has 0 aliphatic carbocycles. The second-order valence-corrected chi connectivity index (χ2v) is 5.11. The molecule has 0 bridgehead atoms. The first-order chi connectivity index (χ1) is 7.27. The molecule has 0 unspecified atom stereocenters. The van der Waals surface area contributed by atoms with Gasteiger partial charge in [-0.15, -0.1) is 11.8 Å². The molecule has 15 heavy (non-hydrogen) atoms. The molecule has 0 saturated carbocycles. The van der Waals surface area contributed by atoms with E-state index < -0.39 is 0 Å². The normalized spacial score (nSPS) is 24.4. The van der Waals surface area contributed by atoms with Gasteiger partial charge in [-0.2, -0.15) is 0 Å². The van der Waals surface area contributed by atoms with Crippen molar-refractivity contribution in [3.63, 3.8) is 0 Å². The molecule has 0 N–H and O–H groups in total. The molecule has 1 heterocycles. The summed E-state index contributed by atoms with van der Waals surface area (Å²) in [5.74, 6) is -0.0864. The summed E-state index contributed by atoms with van der Waals surface area (Å²) in [6.45, 7) is 4.53. The van der Waals surface area contributed by atoms with Gasteiger partial charge in [0, 0.05) is 5.25 Å². The molecule has 0 aromatic carbocycles. The number of carbonyl (C=O) groups excluding carboxylic acids is 1. The van der Waals surface area contributed by atoms with Gasteiger partial charge < -0.3 is 4.74 Å². The molecule has 1 aliphatic heterocycles. The number of thioether (sulfide) groups is 1. The Morgan fingerprint density at radius 2 is 2.13 bits per heavy atom. The highest BCUT2D eigenvalue weighted by molar-refractivity contribution is 8.01. The standard InChI is InChI=1S/C12H20O2S/c1-3-5-6-7-10-8-9-11(15-10)12(13)14-4-2/h8-11H,3-7H2,1-2H3/t10-,11-/m1/s1. The van der Waals surface area contributed by atoms with Gasteiger partial charge in [-0.1, -0.05) is 38.3 Å². The van der Waals surface area contributed by atoms with Crippen LogP contribution in [0.15, 0.2) is 12.2 Å². The maximum Gasteiger partial charge on any atom is 0.322 e. The lowest BCUT2D eigenvalue weighted by atomic mass is 10.1. The van der Waals surface area contributed by atoms with E-state index in [1.807, 2.05) is 13.0 Å². The average molecular weight is 228 g/mol. The lowest BCUT2D eigenvalue weighted by Gasteiger charge is -2.10.